The van der Waals surface area contributed by atoms with Crippen LogP contribution >= 0.6 is 11.6 Å². The van der Waals surface area contributed by atoms with Crippen LogP contribution in [-0.4, -0.2) is 19.7 Å². The van der Waals surface area contributed by atoms with Gasteiger partial charge in [0.2, 0.25) is 0 Å². The lowest BCUT2D eigenvalue weighted by molar-refractivity contribution is 0.0441. The summed E-state index contributed by atoms with van der Waals surface area (Å²) in [5.74, 6) is 0. The van der Waals surface area contributed by atoms with Crippen molar-refractivity contribution >= 4 is 11.6 Å². The summed E-state index contributed by atoms with van der Waals surface area (Å²) >= 11 is 6.24. The van der Waals surface area contributed by atoms with E-state index in [1.54, 1.807) is 0 Å². The molecule has 1 unspecified atom stereocenters. The smallest absolute Gasteiger partial charge is 0.0955 e. The second-order valence-corrected chi connectivity index (χ2v) is 4.57. The van der Waals surface area contributed by atoms with E-state index in [9.17, 15) is 0 Å². The maximum absolute atomic E-state index is 6.24. The summed E-state index contributed by atoms with van der Waals surface area (Å²) in [5.41, 5.74) is 4.08. The zero-order valence-electron chi connectivity index (χ0n) is 8.55. The monoisotopic (exact) mass is 223 g/mol. The normalized spacial score (nSPS) is 24.5. The Morgan fingerprint density at radius 1 is 1.33 bits per heavy atom. The van der Waals surface area contributed by atoms with Crippen LogP contribution in [0.4, 0.5) is 0 Å². The molecule has 0 fully saturated rings. The molecule has 2 aliphatic rings. The van der Waals surface area contributed by atoms with Gasteiger partial charge in [0.25, 0.3) is 0 Å². The highest BCUT2D eigenvalue weighted by molar-refractivity contribution is 6.31. The first kappa shape index (κ1) is 9.64. The number of halogens is 1. The van der Waals surface area contributed by atoms with Crippen molar-refractivity contribution in [2.45, 2.75) is 18.9 Å². The molecule has 0 radical (unpaired) electrons. The number of benzene rings is 1. The summed E-state index contributed by atoms with van der Waals surface area (Å²) in [7, 11) is 0. The number of nitrogens with one attached hydrogen (secondary N) is 1. The lowest BCUT2D eigenvalue weighted by atomic mass is 9.92. The second kappa shape index (κ2) is 3.78. The molecule has 3 rings (SSSR count). The Kier molecular flexibility index (Phi) is 2.43. The summed E-state index contributed by atoms with van der Waals surface area (Å²) in [6, 6.07) is 4.18. The van der Waals surface area contributed by atoms with Gasteiger partial charge in [-0.2, -0.15) is 0 Å². The highest BCUT2D eigenvalue weighted by Crippen LogP contribution is 2.35. The molecule has 0 saturated carbocycles. The summed E-state index contributed by atoms with van der Waals surface area (Å²) in [6.45, 7) is 2.75. The Hall–Kier alpha value is -0.570. The van der Waals surface area contributed by atoms with Crippen LogP contribution < -0.4 is 5.32 Å². The van der Waals surface area contributed by atoms with Crippen LogP contribution in [0.2, 0.25) is 5.02 Å². The van der Waals surface area contributed by atoms with Gasteiger partial charge < -0.3 is 10.1 Å². The molecular weight excluding hydrogens is 210 g/mol. The molecule has 1 aromatic carbocycles. The van der Waals surface area contributed by atoms with Gasteiger partial charge >= 0.3 is 0 Å². The fraction of sp³-hybridized carbons (Fsp3) is 0.500. The van der Waals surface area contributed by atoms with E-state index in [0.717, 1.165) is 37.6 Å². The minimum Gasteiger partial charge on any atom is -0.372 e. The van der Waals surface area contributed by atoms with Crippen LogP contribution in [-0.2, 0) is 17.6 Å². The summed E-state index contributed by atoms with van der Waals surface area (Å²) in [4.78, 5) is 0. The predicted octanol–water partition coefficient (Wildman–Crippen LogP) is 2.10. The first-order valence-electron chi connectivity index (χ1n) is 5.49. The zero-order valence-corrected chi connectivity index (χ0v) is 9.31. The third-order valence-corrected chi connectivity index (χ3v) is 3.64. The molecule has 0 bridgehead atoms. The Bertz CT molecular complexity index is 391. The predicted molar refractivity (Wildman–Crippen MR) is 60.4 cm³/mol. The van der Waals surface area contributed by atoms with Crippen LogP contribution in [0.5, 0.6) is 0 Å². The van der Waals surface area contributed by atoms with E-state index in [1.807, 2.05) is 6.07 Å². The maximum atomic E-state index is 6.24. The van der Waals surface area contributed by atoms with E-state index in [2.05, 4.69) is 11.4 Å². The molecule has 2 nitrogen and oxygen atoms in total. The Morgan fingerprint density at radius 3 is 3.20 bits per heavy atom. The molecule has 1 N–H and O–H groups in total. The third kappa shape index (κ3) is 1.57. The van der Waals surface area contributed by atoms with Crippen LogP contribution in [0.1, 0.15) is 22.8 Å². The van der Waals surface area contributed by atoms with Crippen molar-refractivity contribution in [3.8, 4) is 0 Å². The van der Waals surface area contributed by atoms with Crippen LogP contribution in [0, 0.1) is 0 Å². The number of hydrogen-bond donors (Lipinski definition) is 1. The topological polar surface area (TPSA) is 21.3 Å². The standard InChI is InChI=1S/C12H14ClNO/c13-10-2-1-8-3-5-14-7-11-12(8)9(10)4-6-15-11/h1-2,11,14H,3-7H2. The first-order valence-corrected chi connectivity index (χ1v) is 5.86. The molecule has 0 saturated heterocycles. The van der Waals surface area contributed by atoms with E-state index in [4.69, 9.17) is 16.3 Å². The van der Waals surface area contributed by atoms with E-state index in [-0.39, 0.29) is 6.10 Å². The summed E-state index contributed by atoms with van der Waals surface area (Å²) < 4.78 is 5.80. The minimum absolute atomic E-state index is 0.213. The van der Waals surface area contributed by atoms with Gasteiger partial charge in [-0.25, -0.2) is 0 Å². The van der Waals surface area contributed by atoms with Gasteiger partial charge in [0.1, 0.15) is 0 Å². The van der Waals surface area contributed by atoms with Gasteiger partial charge in [0, 0.05) is 11.6 Å². The molecule has 2 heterocycles. The van der Waals surface area contributed by atoms with Crippen molar-refractivity contribution in [3.63, 3.8) is 0 Å². The lowest BCUT2D eigenvalue weighted by Gasteiger charge is -2.27. The third-order valence-electron chi connectivity index (χ3n) is 3.28. The Morgan fingerprint density at radius 2 is 2.27 bits per heavy atom. The number of rotatable bonds is 0. The highest BCUT2D eigenvalue weighted by Gasteiger charge is 2.26. The van der Waals surface area contributed by atoms with Gasteiger partial charge in [-0.05, 0) is 42.1 Å². The first-order chi connectivity index (χ1) is 7.36. The quantitative estimate of drug-likeness (QED) is 0.728. The molecular formula is C12H14ClNO. The maximum Gasteiger partial charge on any atom is 0.0955 e. The van der Waals surface area contributed by atoms with Gasteiger partial charge in [0.15, 0.2) is 0 Å². The number of hydrogen-bond acceptors (Lipinski definition) is 2. The zero-order chi connectivity index (χ0) is 10.3. The van der Waals surface area contributed by atoms with Gasteiger partial charge in [-0.1, -0.05) is 17.7 Å². The van der Waals surface area contributed by atoms with Crippen molar-refractivity contribution in [2.24, 2.45) is 0 Å². The van der Waals surface area contributed by atoms with E-state index in [1.165, 1.54) is 16.7 Å². The largest absolute Gasteiger partial charge is 0.372 e. The SMILES string of the molecule is Clc1ccc2c3c1CCOC3CNCC2. The van der Waals surface area contributed by atoms with Crippen LogP contribution in [0.15, 0.2) is 12.1 Å². The van der Waals surface area contributed by atoms with Gasteiger partial charge in [-0.3, -0.25) is 0 Å². The average molecular weight is 224 g/mol. The van der Waals surface area contributed by atoms with E-state index >= 15 is 0 Å². The molecule has 0 amide bonds. The lowest BCUT2D eigenvalue weighted by Crippen LogP contribution is -2.25. The van der Waals surface area contributed by atoms with Crippen LogP contribution in [0.3, 0.4) is 0 Å². The van der Waals surface area contributed by atoms with Crippen molar-refractivity contribution in [1.29, 1.82) is 0 Å². The fourth-order valence-electron chi connectivity index (χ4n) is 2.56. The van der Waals surface area contributed by atoms with E-state index in [0.29, 0.717) is 0 Å². The molecule has 0 aromatic heterocycles. The van der Waals surface area contributed by atoms with Crippen molar-refractivity contribution in [3.05, 3.63) is 33.8 Å². The van der Waals surface area contributed by atoms with Crippen molar-refractivity contribution in [1.82, 2.24) is 5.32 Å². The molecule has 80 valence electrons. The van der Waals surface area contributed by atoms with Crippen LogP contribution in [0.25, 0.3) is 0 Å². The molecule has 0 aliphatic carbocycles. The Balaban J connectivity index is 2.18. The molecule has 15 heavy (non-hydrogen) atoms. The highest BCUT2D eigenvalue weighted by atomic mass is 35.5. The van der Waals surface area contributed by atoms with Crippen molar-refractivity contribution < 1.29 is 4.74 Å². The van der Waals surface area contributed by atoms with Gasteiger partial charge in [0.05, 0.1) is 12.7 Å². The molecule has 1 aromatic rings. The Labute approximate surface area is 94.6 Å². The van der Waals surface area contributed by atoms with E-state index < -0.39 is 0 Å². The molecule has 1 atom stereocenters. The molecule has 0 spiro atoms. The summed E-state index contributed by atoms with van der Waals surface area (Å²) in [6.07, 6.45) is 2.25. The van der Waals surface area contributed by atoms with Gasteiger partial charge in [-0.15, -0.1) is 0 Å². The molecule has 3 heteroatoms. The summed E-state index contributed by atoms with van der Waals surface area (Å²) in [5, 5.41) is 4.31. The second-order valence-electron chi connectivity index (χ2n) is 4.16. The molecule has 2 aliphatic heterocycles. The minimum atomic E-state index is 0.213. The number of ether oxygens (including phenoxy) is 1. The fourth-order valence-corrected chi connectivity index (χ4v) is 2.82. The van der Waals surface area contributed by atoms with Crippen molar-refractivity contribution in [2.75, 3.05) is 19.7 Å². The average Bonchev–Trinajstić information content (AvgIpc) is 2.47.